The minimum Gasteiger partial charge on any atom is -0.330 e. The van der Waals surface area contributed by atoms with E-state index in [1.807, 2.05) is 0 Å². The minimum atomic E-state index is -2.44. The van der Waals surface area contributed by atoms with Crippen molar-refractivity contribution in [3.8, 4) is 0 Å². The smallest absolute Gasteiger partial charge is 0.250 e. The number of nitrogens with two attached hydrogens (primary N) is 1. The van der Waals surface area contributed by atoms with Gasteiger partial charge >= 0.3 is 0 Å². The number of hydrogen-bond acceptors (Lipinski definition) is 1. The second-order valence-corrected chi connectivity index (χ2v) is 3.54. The van der Waals surface area contributed by atoms with Gasteiger partial charge in [0.1, 0.15) is 0 Å². The molecule has 1 aliphatic rings. The summed E-state index contributed by atoms with van der Waals surface area (Å²) < 4.78 is 25.7. The van der Waals surface area contributed by atoms with Gasteiger partial charge in [0.25, 0.3) is 5.92 Å². The summed E-state index contributed by atoms with van der Waals surface area (Å²) in [7, 11) is 0. The number of hydrogen-bond donors (Lipinski definition) is 1. The minimum absolute atomic E-state index is 0.0238. The van der Waals surface area contributed by atoms with Crippen LogP contribution in [0.1, 0.15) is 26.2 Å². The molecular formula is C8H15F2N. The maximum Gasteiger partial charge on any atom is 0.250 e. The standard InChI is InChI=1S/C8H15F2N/c1-6-4-7(5-11)2-3-8(6,9)10/h6-7H,2-5,11H2,1H3/t6-,7+/m1/s1. The highest BCUT2D eigenvalue weighted by Crippen LogP contribution is 2.40. The van der Waals surface area contributed by atoms with Gasteiger partial charge in [-0.1, -0.05) is 6.92 Å². The van der Waals surface area contributed by atoms with E-state index < -0.39 is 11.8 Å². The number of alkyl halides is 2. The lowest BCUT2D eigenvalue weighted by Crippen LogP contribution is -2.35. The molecule has 0 unspecified atom stereocenters. The van der Waals surface area contributed by atoms with Crippen LogP contribution in [0, 0.1) is 11.8 Å². The van der Waals surface area contributed by atoms with Crippen LogP contribution >= 0.6 is 0 Å². The van der Waals surface area contributed by atoms with Crippen LogP contribution in [0.2, 0.25) is 0 Å². The molecule has 1 nitrogen and oxygen atoms in total. The molecule has 1 aliphatic carbocycles. The average molecular weight is 163 g/mol. The Labute approximate surface area is 66.0 Å². The fourth-order valence-corrected chi connectivity index (χ4v) is 1.65. The van der Waals surface area contributed by atoms with Crippen LogP contribution in [-0.2, 0) is 0 Å². The number of halogens is 2. The quantitative estimate of drug-likeness (QED) is 0.628. The van der Waals surface area contributed by atoms with Gasteiger partial charge in [-0.05, 0) is 25.3 Å². The highest BCUT2D eigenvalue weighted by molar-refractivity contribution is 4.83. The molecule has 11 heavy (non-hydrogen) atoms. The zero-order valence-corrected chi connectivity index (χ0v) is 6.82. The van der Waals surface area contributed by atoms with Crippen molar-refractivity contribution >= 4 is 0 Å². The van der Waals surface area contributed by atoms with Crippen LogP contribution in [-0.4, -0.2) is 12.5 Å². The van der Waals surface area contributed by atoms with E-state index in [0.29, 0.717) is 25.3 Å². The van der Waals surface area contributed by atoms with E-state index in [4.69, 9.17) is 5.73 Å². The zero-order chi connectivity index (χ0) is 8.48. The monoisotopic (exact) mass is 163 g/mol. The Morgan fingerprint density at radius 3 is 2.64 bits per heavy atom. The van der Waals surface area contributed by atoms with Crippen LogP contribution < -0.4 is 5.73 Å². The van der Waals surface area contributed by atoms with Crippen molar-refractivity contribution in [1.82, 2.24) is 0 Å². The summed E-state index contributed by atoms with van der Waals surface area (Å²) in [5.41, 5.74) is 5.41. The van der Waals surface area contributed by atoms with E-state index in [2.05, 4.69) is 0 Å². The lowest BCUT2D eigenvalue weighted by Gasteiger charge is -2.33. The Morgan fingerprint density at radius 2 is 2.18 bits per heavy atom. The first-order valence-corrected chi connectivity index (χ1v) is 4.14. The Morgan fingerprint density at radius 1 is 1.55 bits per heavy atom. The molecule has 66 valence electrons. The van der Waals surface area contributed by atoms with Gasteiger partial charge in [-0.25, -0.2) is 8.78 Å². The van der Waals surface area contributed by atoms with Crippen molar-refractivity contribution in [3.05, 3.63) is 0 Å². The third-order valence-electron chi connectivity index (χ3n) is 2.63. The SMILES string of the molecule is C[C@@H]1C[C@@H](CN)CCC1(F)F. The Balaban J connectivity index is 2.48. The first kappa shape index (κ1) is 8.91. The van der Waals surface area contributed by atoms with Gasteiger partial charge in [0, 0.05) is 12.3 Å². The molecule has 0 saturated heterocycles. The molecule has 0 aromatic heterocycles. The molecule has 0 aliphatic heterocycles. The zero-order valence-electron chi connectivity index (χ0n) is 6.82. The van der Waals surface area contributed by atoms with Gasteiger partial charge < -0.3 is 5.73 Å². The summed E-state index contributed by atoms with van der Waals surface area (Å²) in [5, 5.41) is 0. The maximum atomic E-state index is 12.9. The van der Waals surface area contributed by atoms with Crippen LogP contribution in [0.25, 0.3) is 0 Å². The molecule has 0 aromatic carbocycles. The van der Waals surface area contributed by atoms with E-state index in [1.165, 1.54) is 0 Å². The molecule has 0 bridgehead atoms. The first-order chi connectivity index (χ1) is 5.06. The number of rotatable bonds is 1. The van der Waals surface area contributed by atoms with Crippen molar-refractivity contribution in [3.63, 3.8) is 0 Å². The average Bonchev–Trinajstić information content (AvgIpc) is 1.95. The molecule has 1 saturated carbocycles. The summed E-state index contributed by atoms with van der Waals surface area (Å²) >= 11 is 0. The van der Waals surface area contributed by atoms with Gasteiger partial charge in [-0.2, -0.15) is 0 Å². The van der Waals surface area contributed by atoms with Gasteiger partial charge in [0.15, 0.2) is 0 Å². The largest absolute Gasteiger partial charge is 0.330 e. The van der Waals surface area contributed by atoms with Crippen molar-refractivity contribution in [2.24, 2.45) is 17.6 Å². The fraction of sp³-hybridized carbons (Fsp3) is 1.00. The van der Waals surface area contributed by atoms with Crippen LogP contribution in [0.4, 0.5) is 8.78 Å². The molecule has 2 N–H and O–H groups in total. The van der Waals surface area contributed by atoms with E-state index in [1.54, 1.807) is 6.92 Å². The molecule has 0 heterocycles. The van der Waals surface area contributed by atoms with Crippen molar-refractivity contribution in [2.45, 2.75) is 32.1 Å². The maximum absolute atomic E-state index is 12.9. The van der Waals surface area contributed by atoms with Crippen LogP contribution in [0.5, 0.6) is 0 Å². The van der Waals surface area contributed by atoms with Gasteiger partial charge in [-0.3, -0.25) is 0 Å². The van der Waals surface area contributed by atoms with E-state index in [-0.39, 0.29) is 6.42 Å². The fourth-order valence-electron chi connectivity index (χ4n) is 1.65. The molecule has 1 rings (SSSR count). The van der Waals surface area contributed by atoms with Gasteiger partial charge in [-0.15, -0.1) is 0 Å². The third-order valence-corrected chi connectivity index (χ3v) is 2.63. The Kier molecular flexibility index (Phi) is 2.47. The molecule has 3 heteroatoms. The van der Waals surface area contributed by atoms with E-state index in [9.17, 15) is 8.78 Å². The Bertz CT molecular complexity index is 136. The van der Waals surface area contributed by atoms with E-state index >= 15 is 0 Å². The summed E-state index contributed by atoms with van der Waals surface area (Å²) in [6.45, 7) is 2.17. The summed E-state index contributed by atoms with van der Waals surface area (Å²) in [6.07, 6.45) is 1.20. The second-order valence-electron chi connectivity index (χ2n) is 3.54. The predicted molar refractivity (Wildman–Crippen MR) is 40.5 cm³/mol. The van der Waals surface area contributed by atoms with Crippen molar-refractivity contribution in [2.75, 3.05) is 6.54 Å². The molecule has 0 aromatic rings. The molecule has 0 spiro atoms. The van der Waals surface area contributed by atoms with Crippen molar-refractivity contribution in [1.29, 1.82) is 0 Å². The molecule has 0 radical (unpaired) electrons. The summed E-state index contributed by atoms with van der Waals surface area (Å²) in [5.74, 6) is -2.60. The summed E-state index contributed by atoms with van der Waals surface area (Å²) in [4.78, 5) is 0. The molecular weight excluding hydrogens is 148 g/mol. The lowest BCUT2D eigenvalue weighted by molar-refractivity contribution is -0.0896. The summed E-state index contributed by atoms with van der Waals surface area (Å²) in [6, 6.07) is 0. The first-order valence-electron chi connectivity index (χ1n) is 4.14. The molecule has 2 atom stereocenters. The topological polar surface area (TPSA) is 26.0 Å². The lowest BCUT2D eigenvalue weighted by atomic mass is 9.80. The third kappa shape index (κ3) is 1.89. The van der Waals surface area contributed by atoms with Gasteiger partial charge in [0.05, 0.1) is 0 Å². The van der Waals surface area contributed by atoms with Crippen LogP contribution in [0.15, 0.2) is 0 Å². The normalized spacial score (nSPS) is 37.1. The van der Waals surface area contributed by atoms with E-state index in [0.717, 1.165) is 0 Å². The Hall–Kier alpha value is -0.180. The highest BCUT2D eigenvalue weighted by atomic mass is 19.3. The highest BCUT2D eigenvalue weighted by Gasteiger charge is 2.41. The second kappa shape index (κ2) is 3.05. The molecule has 1 fully saturated rings. The van der Waals surface area contributed by atoms with Crippen LogP contribution in [0.3, 0.4) is 0 Å². The molecule has 0 amide bonds. The van der Waals surface area contributed by atoms with Gasteiger partial charge in [0.2, 0.25) is 0 Å². The predicted octanol–water partition coefficient (Wildman–Crippen LogP) is 2.02. The van der Waals surface area contributed by atoms with Crippen molar-refractivity contribution < 1.29 is 8.78 Å².